The molecule has 0 aliphatic rings. The smallest absolute Gasteiger partial charge is 0.358 e. The predicted molar refractivity (Wildman–Crippen MR) is 64.6 cm³/mol. The molecule has 2 aromatic heterocycles. The van der Waals surface area contributed by atoms with Crippen molar-refractivity contribution in [1.29, 1.82) is 0 Å². The van der Waals surface area contributed by atoms with Crippen molar-refractivity contribution in [2.75, 3.05) is 0 Å². The quantitative estimate of drug-likeness (QED) is 0.739. The summed E-state index contributed by atoms with van der Waals surface area (Å²) in [5.41, 5.74) is 2.04. The molecule has 1 aromatic carbocycles. The summed E-state index contributed by atoms with van der Waals surface area (Å²) in [4.78, 5) is 13.9. The third-order valence-corrected chi connectivity index (χ3v) is 2.82. The Labute approximate surface area is 102 Å². The second-order valence-corrected chi connectivity index (χ2v) is 4.02. The molecule has 0 bridgehead atoms. The Morgan fingerprint density at radius 2 is 2.22 bits per heavy atom. The molecule has 0 aliphatic heterocycles. The predicted octanol–water partition coefficient (Wildman–Crippen LogP) is 2.44. The average molecular weight is 242 g/mol. The number of fused-ring (bicyclic) bond motifs is 1. The summed E-state index contributed by atoms with van der Waals surface area (Å²) in [7, 11) is 0. The molecule has 5 heteroatoms. The zero-order valence-corrected chi connectivity index (χ0v) is 9.38. The molecule has 5 nitrogen and oxygen atoms in total. The number of benzene rings is 1. The number of nitrogens with zero attached hydrogens (tertiary/aromatic N) is 1. The highest BCUT2D eigenvalue weighted by molar-refractivity contribution is 5.85. The number of aromatic amines is 1. The molecule has 90 valence electrons. The number of H-pyrrole nitrogens is 1. The minimum atomic E-state index is -1.08. The molecule has 0 saturated carbocycles. The van der Waals surface area contributed by atoms with E-state index < -0.39 is 5.97 Å². The average Bonchev–Trinajstić information content (AvgIpc) is 2.98. The van der Waals surface area contributed by atoms with Gasteiger partial charge in [-0.2, -0.15) is 0 Å². The summed E-state index contributed by atoms with van der Waals surface area (Å²) >= 11 is 0. The molecule has 18 heavy (non-hydrogen) atoms. The number of aromatic nitrogens is 2. The topological polar surface area (TPSA) is 79.1 Å². The molecule has 3 rings (SSSR count). The number of para-hydroxylation sites is 1. The first-order chi connectivity index (χ1) is 8.74. The molecule has 0 unspecified atom stereocenters. The maximum absolute atomic E-state index is 10.7. The Hall–Kier alpha value is -2.56. The van der Waals surface area contributed by atoms with Gasteiger partial charge >= 0.3 is 5.97 Å². The number of rotatable bonds is 3. The normalized spacial score (nSPS) is 10.9. The summed E-state index contributed by atoms with van der Waals surface area (Å²) in [5.74, 6) is -0.541. The van der Waals surface area contributed by atoms with Crippen LogP contribution >= 0.6 is 0 Å². The fourth-order valence-electron chi connectivity index (χ4n) is 1.96. The van der Waals surface area contributed by atoms with Crippen LogP contribution in [0.25, 0.3) is 10.9 Å². The van der Waals surface area contributed by atoms with Crippen LogP contribution in [-0.4, -0.2) is 21.2 Å². The van der Waals surface area contributed by atoms with Crippen LogP contribution in [0.5, 0.6) is 0 Å². The van der Waals surface area contributed by atoms with Crippen molar-refractivity contribution < 1.29 is 14.4 Å². The standard InChI is InChI=1S/C13H10N2O3/c16-13(17)12-6-9(18-15-12)5-8-7-14-11-4-2-1-3-10(8)11/h1-4,6-7,14H,5H2,(H,16,17). The van der Waals surface area contributed by atoms with Crippen molar-refractivity contribution in [3.63, 3.8) is 0 Å². The van der Waals surface area contributed by atoms with Crippen LogP contribution in [0, 0.1) is 0 Å². The lowest BCUT2D eigenvalue weighted by Crippen LogP contribution is -1.94. The molecule has 0 fully saturated rings. The number of nitrogens with one attached hydrogen (secondary N) is 1. The lowest BCUT2D eigenvalue weighted by atomic mass is 10.1. The van der Waals surface area contributed by atoms with Crippen LogP contribution in [0.1, 0.15) is 21.8 Å². The van der Waals surface area contributed by atoms with Gasteiger partial charge in [0.05, 0.1) is 0 Å². The SMILES string of the molecule is O=C(O)c1cc(Cc2c[nH]c3ccccc23)on1. The lowest BCUT2D eigenvalue weighted by Gasteiger charge is -1.94. The Morgan fingerprint density at radius 3 is 3.00 bits per heavy atom. The van der Waals surface area contributed by atoms with E-state index in [4.69, 9.17) is 9.63 Å². The zero-order valence-electron chi connectivity index (χ0n) is 9.38. The van der Waals surface area contributed by atoms with Gasteiger partial charge in [0.15, 0.2) is 5.69 Å². The van der Waals surface area contributed by atoms with E-state index in [2.05, 4.69) is 10.1 Å². The van der Waals surface area contributed by atoms with Crippen LogP contribution in [0.15, 0.2) is 41.1 Å². The van der Waals surface area contributed by atoms with Crippen molar-refractivity contribution in [3.05, 3.63) is 53.5 Å². The van der Waals surface area contributed by atoms with Crippen LogP contribution in [0.2, 0.25) is 0 Å². The van der Waals surface area contributed by atoms with E-state index in [9.17, 15) is 4.79 Å². The van der Waals surface area contributed by atoms with E-state index in [-0.39, 0.29) is 5.69 Å². The summed E-state index contributed by atoms with van der Waals surface area (Å²) in [6.07, 6.45) is 2.41. The van der Waals surface area contributed by atoms with Gasteiger partial charge in [0.1, 0.15) is 5.76 Å². The summed E-state index contributed by atoms with van der Waals surface area (Å²) in [6, 6.07) is 9.37. The van der Waals surface area contributed by atoms with Crippen LogP contribution in [-0.2, 0) is 6.42 Å². The Balaban J connectivity index is 1.93. The third-order valence-electron chi connectivity index (χ3n) is 2.82. The van der Waals surface area contributed by atoms with Crippen molar-refractivity contribution in [2.24, 2.45) is 0 Å². The molecule has 0 radical (unpaired) electrons. The lowest BCUT2D eigenvalue weighted by molar-refractivity contribution is 0.0685. The van der Waals surface area contributed by atoms with Crippen LogP contribution in [0.3, 0.4) is 0 Å². The molecule has 0 spiro atoms. The summed E-state index contributed by atoms with van der Waals surface area (Å²) in [6.45, 7) is 0. The molecular weight excluding hydrogens is 232 g/mol. The van der Waals surface area contributed by atoms with Crippen molar-refractivity contribution >= 4 is 16.9 Å². The molecule has 2 heterocycles. The highest BCUT2D eigenvalue weighted by Gasteiger charge is 2.12. The zero-order chi connectivity index (χ0) is 12.5. The Morgan fingerprint density at radius 1 is 1.39 bits per heavy atom. The second kappa shape index (κ2) is 4.03. The van der Waals surface area contributed by atoms with E-state index >= 15 is 0 Å². The van der Waals surface area contributed by atoms with E-state index in [1.54, 1.807) is 0 Å². The summed E-state index contributed by atoms with van der Waals surface area (Å²) in [5, 5.41) is 13.4. The molecule has 0 amide bonds. The number of carboxylic acids is 1. The highest BCUT2D eigenvalue weighted by atomic mass is 16.5. The molecular formula is C13H10N2O3. The number of aromatic carboxylic acids is 1. The number of hydrogen-bond acceptors (Lipinski definition) is 3. The first-order valence-corrected chi connectivity index (χ1v) is 5.48. The molecule has 0 atom stereocenters. The van der Waals surface area contributed by atoms with Gasteiger partial charge in [-0.05, 0) is 11.6 Å². The largest absolute Gasteiger partial charge is 0.476 e. The Kier molecular flexibility index (Phi) is 2.37. The third kappa shape index (κ3) is 1.75. The van der Waals surface area contributed by atoms with Crippen LogP contribution < -0.4 is 0 Å². The maximum Gasteiger partial charge on any atom is 0.358 e. The molecule has 0 saturated heterocycles. The van der Waals surface area contributed by atoms with Gasteiger partial charge < -0.3 is 14.6 Å². The van der Waals surface area contributed by atoms with Crippen LogP contribution in [0.4, 0.5) is 0 Å². The van der Waals surface area contributed by atoms with Gasteiger partial charge in [0.2, 0.25) is 0 Å². The first-order valence-electron chi connectivity index (χ1n) is 5.48. The fraction of sp³-hybridized carbons (Fsp3) is 0.0769. The minimum Gasteiger partial charge on any atom is -0.476 e. The number of carboxylic acid groups (broad SMARTS) is 1. The van der Waals surface area contributed by atoms with E-state index in [0.717, 1.165) is 16.5 Å². The monoisotopic (exact) mass is 242 g/mol. The molecule has 2 N–H and O–H groups in total. The van der Waals surface area contributed by atoms with Gasteiger partial charge in [-0.1, -0.05) is 23.4 Å². The van der Waals surface area contributed by atoms with E-state index in [0.29, 0.717) is 12.2 Å². The summed E-state index contributed by atoms with van der Waals surface area (Å²) < 4.78 is 5.00. The Bertz CT molecular complexity index is 712. The molecule has 3 aromatic rings. The van der Waals surface area contributed by atoms with Gasteiger partial charge in [-0.3, -0.25) is 0 Å². The maximum atomic E-state index is 10.7. The first kappa shape index (κ1) is 10.6. The minimum absolute atomic E-state index is 0.0650. The van der Waals surface area contributed by atoms with Crippen molar-refractivity contribution in [2.45, 2.75) is 6.42 Å². The number of carbonyl (C=O) groups is 1. The molecule has 0 aliphatic carbocycles. The van der Waals surface area contributed by atoms with E-state index in [1.165, 1.54) is 6.07 Å². The van der Waals surface area contributed by atoms with Crippen molar-refractivity contribution in [3.8, 4) is 0 Å². The number of hydrogen-bond donors (Lipinski definition) is 2. The van der Waals surface area contributed by atoms with Gasteiger partial charge in [-0.15, -0.1) is 0 Å². The second-order valence-electron chi connectivity index (χ2n) is 4.02. The van der Waals surface area contributed by atoms with Gasteiger partial charge in [0, 0.05) is 29.6 Å². The van der Waals surface area contributed by atoms with Crippen molar-refractivity contribution in [1.82, 2.24) is 10.1 Å². The highest BCUT2D eigenvalue weighted by Crippen LogP contribution is 2.21. The fourth-order valence-corrected chi connectivity index (χ4v) is 1.96. The van der Waals surface area contributed by atoms with Gasteiger partial charge in [0.25, 0.3) is 0 Å². The van der Waals surface area contributed by atoms with E-state index in [1.807, 2.05) is 30.5 Å². The van der Waals surface area contributed by atoms with Gasteiger partial charge in [-0.25, -0.2) is 4.79 Å².